The predicted octanol–water partition coefficient (Wildman–Crippen LogP) is 4.21. The molecule has 0 saturated heterocycles. The van der Waals surface area contributed by atoms with Gasteiger partial charge in [0.15, 0.2) is 5.78 Å². The van der Waals surface area contributed by atoms with Crippen LogP contribution in [-0.2, 0) is 20.9 Å². The fourth-order valence-electron chi connectivity index (χ4n) is 2.62. The summed E-state index contributed by atoms with van der Waals surface area (Å²) in [5.41, 5.74) is 2.47. The summed E-state index contributed by atoms with van der Waals surface area (Å²) in [6.45, 7) is 4.16. The zero-order valence-corrected chi connectivity index (χ0v) is 16.9. The van der Waals surface area contributed by atoms with Crippen LogP contribution in [0.3, 0.4) is 0 Å². The number of esters is 1. The number of aryl methyl sites for hydroxylation is 1. The van der Waals surface area contributed by atoms with Crippen molar-refractivity contribution in [1.29, 1.82) is 0 Å². The van der Waals surface area contributed by atoms with Crippen LogP contribution >= 0.6 is 0 Å². The Bertz CT molecular complexity index is 802. The molecule has 0 spiro atoms. The molecule has 0 aliphatic carbocycles. The molecule has 1 N–H and O–H groups in total. The Labute approximate surface area is 171 Å². The lowest BCUT2D eigenvalue weighted by molar-refractivity contribution is -0.146. The molecule has 6 nitrogen and oxygen atoms in total. The molecule has 2 rings (SSSR count). The molecule has 0 aliphatic rings. The van der Waals surface area contributed by atoms with Crippen LogP contribution in [-0.4, -0.2) is 30.5 Å². The van der Waals surface area contributed by atoms with Crippen LogP contribution in [0.4, 0.5) is 4.79 Å². The number of carbonyl (C=O) groups is 3. The number of alkyl carbamates (subject to hydrolysis) is 1. The highest BCUT2D eigenvalue weighted by Crippen LogP contribution is 2.10. The molecule has 154 valence electrons. The van der Waals surface area contributed by atoms with Crippen molar-refractivity contribution in [2.75, 3.05) is 6.61 Å². The number of ketones is 1. The van der Waals surface area contributed by atoms with Crippen molar-refractivity contribution in [2.45, 2.75) is 45.8 Å². The topological polar surface area (TPSA) is 81.7 Å². The van der Waals surface area contributed by atoms with E-state index in [0.29, 0.717) is 12.0 Å². The van der Waals surface area contributed by atoms with E-state index in [1.807, 2.05) is 56.3 Å². The van der Waals surface area contributed by atoms with Crippen molar-refractivity contribution in [3.8, 4) is 0 Å². The fourth-order valence-corrected chi connectivity index (χ4v) is 2.62. The smallest absolute Gasteiger partial charge is 0.408 e. The summed E-state index contributed by atoms with van der Waals surface area (Å²) in [6.07, 6.45) is 0.179. The Morgan fingerprint density at radius 1 is 0.966 bits per heavy atom. The van der Waals surface area contributed by atoms with Crippen molar-refractivity contribution < 1.29 is 23.9 Å². The summed E-state index contributed by atoms with van der Waals surface area (Å²) in [7, 11) is 0. The number of amides is 1. The highest BCUT2D eigenvalue weighted by molar-refractivity contribution is 5.96. The summed E-state index contributed by atoms with van der Waals surface area (Å²) < 4.78 is 10.3. The van der Waals surface area contributed by atoms with E-state index in [4.69, 9.17) is 9.47 Å². The molecule has 1 amide bonds. The van der Waals surface area contributed by atoms with Crippen molar-refractivity contribution in [1.82, 2.24) is 5.32 Å². The number of nitrogens with one attached hydrogen (secondary N) is 1. The molecule has 29 heavy (non-hydrogen) atoms. The molecule has 0 fully saturated rings. The van der Waals surface area contributed by atoms with Gasteiger partial charge in [0.05, 0.1) is 6.61 Å². The number of carbonyl (C=O) groups excluding carboxylic acids is 3. The van der Waals surface area contributed by atoms with Gasteiger partial charge in [-0.3, -0.25) is 4.79 Å². The lowest BCUT2D eigenvalue weighted by Crippen LogP contribution is -2.42. The maximum Gasteiger partial charge on any atom is 0.408 e. The first kappa shape index (κ1) is 22.1. The summed E-state index contributed by atoms with van der Waals surface area (Å²) in [6, 6.07) is 15.5. The standard InChI is InChI=1S/C23H27NO5/c1-3-15-28-22(26)20(13-14-21(25)19-11-9-17(2)10-12-19)24-23(27)29-16-18-7-5-4-6-8-18/h4-12,20H,3,13-16H2,1-2H3,(H,24,27). The highest BCUT2D eigenvalue weighted by atomic mass is 16.6. The molecule has 0 aromatic heterocycles. The van der Waals surface area contributed by atoms with Gasteiger partial charge < -0.3 is 14.8 Å². The van der Waals surface area contributed by atoms with Gasteiger partial charge in [-0.15, -0.1) is 0 Å². The largest absolute Gasteiger partial charge is 0.464 e. The van der Waals surface area contributed by atoms with Gasteiger partial charge in [0, 0.05) is 12.0 Å². The Hall–Kier alpha value is -3.15. The van der Waals surface area contributed by atoms with E-state index in [0.717, 1.165) is 11.1 Å². The number of ether oxygens (including phenoxy) is 2. The Balaban J connectivity index is 1.92. The number of rotatable bonds is 10. The van der Waals surface area contributed by atoms with Crippen molar-refractivity contribution >= 4 is 17.8 Å². The van der Waals surface area contributed by atoms with Crippen molar-refractivity contribution in [3.63, 3.8) is 0 Å². The molecule has 6 heteroatoms. The molecule has 1 atom stereocenters. The first-order chi connectivity index (χ1) is 14.0. The minimum absolute atomic E-state index is 0.0890. The zero-order chi connectivity index (χ0) is 21.1. The van der Waals surface area contributed by atoms with Crippen LogP contribution in [0.1, 0.15) is 47.7 Å². The Kier molecular flexibility index (Phi) is 8.89. The predicted molar refractivity (Wildman–Crippen MR) is 110 cm³/mol. The van der Waals surface area contributed by atoms with Gasteiger partial charge in [-0.2, -0.15) is 0 Å². The monoisotopic (exact) mass is 397 g/mol. The van der Waals surface area contributed by atoms with Gasteiger partial charge in [0.25, 0.3) is 0 Å². The van der Waals surface area contributed by atoms with E-state index in [-0.39, 0.29) is 31.8 Å². The highest BCUT2D eigenvalue weighted by Gasteiger charge is 2.24. The lowest BCUT2D eigenvalue weighted by atomic mass is 10.0. The van der Waals surface area contributed by atoms with E-state index in [9.17, 15) is 14.4 Å². The second-order valence-corrected chi connectivity index (χ2v) is 6.75. The molecule has 0 heterocycles. The van der Waals surface area contributed by atoms with Gasteiger partial charge in [-0.05, 0) is 25.3 Å². The normalized spacial score (nSPS) is 11.4. The van der Waals surface area contributed by atoms with Gasteiger partial charge >= 0.3 is 12.1 Å². The molecule has 0 aliphatic heterocycles. The third-order valence-electron chi connectivity index (χ3n) is 4.27. The second-order valence-electron chi connectivity index (χ2n) is 6.75. The molecule has 0 saturated carbocycles. The summed E-state index contributed by atoms with van der Waals surface area (Å²) in [4.78, 5) is 36.8. The second kappa shape index (κ2) is 11.6. The van der Waals surface area contributed by atoms with Crippen LogP contribution in [0.5, 0.6) is 0 Å². The average molecular weight is 397 g/mol. The molecular formula is C23H27NO5. The third kappa shape index (κ3) is 7.78. The maximum atomic E-state index is 12.4. The van der Waals surface area contributed by atoms with E-state index >= 15 is 0 Å². The summed E-state index contributed by atoms with van der Waals surface area (Å²) in [5.74, 6) is -0.669. The minimum Gasteiger partial charge on any atom is -0.464 e. The molecule has 1 unspecified atom stereocenters. The number of hydrogen-bond donors (Lipinski definition) is 1. The number of benzene rings is 2. The van der Waals surface area contributed by atoms with Crippen LogP contribution in [0.15, 0.2) is 54.6 Å². The van der Waals surface area contributed by atoms with Gasteiger partial charge in [0.1, 0.15) is 12.6 Å². The Morgan fingerprint density at radius 3 is 2.31 bits per heavy atom. The third-order valence-corrected chi connectivity index (χ3v) is 4.27. The van der Waals surface area contributed by atoms with Crippen LogP contribution in [0.2, 0.25) is 0 Å². The van der Waals surface area contributed by atoms with Crippen LogP contribution < -0.4 is 5.32 Å². The maximum absolute atomic E-state index is 12.4. The lowest BCUT2D eigenvalue weighted by Gasteiger charge is -2.17. The number of Topliss-reactive ketones (excluding diaryl/α,β-unsaturated/α-hetero) is 1. The van der Waals surface area contributed by atoms with Gasteiger partial charge in [-0.25, -0.2) is 9.59 Å². The molecule has 0 bridgehead atoms. The van der Waals surface area contributed by atoms with E-state index in [1.165, 1.54) is 0 Å². The van der Waals surface area contributed by atoms with Crippen LogP contribution in [0.25, 0.3) is 0 Å². The first-order valence-electron chi connectivity index (χ1n) is 9.73. The van der Waals surface area contributed by atoms with Crippen LogP contribution in [0, 0.1) is 6.92 Å². The first-order valence-corrected chi connectivity index (χ1v) is 9.73. The number of hydrogen-bond acceptors (Lipinski definition) is 5. The average Bonchev–Trinajstić information content (AvgIpc) is 2.74. The Morgan fingerprint density at radius 2 is 1.66 bits per heavy atom. The molecule has 2 aromatic carbocycles. The minimum atomic E-state index is -0.945. The SMILES string of the molecule is CCCOC(=O)C(CCC(=O)c1ccc(C)cc1)NC(=O)OCc1ccccc1. The van der Waals surface area contributed by atoms with Crippen molar-refractivity contribution in [2.24, 2.45) is 0 Å². The van der Waals surface area contributed by atoms with E-state index in [2.05, 4.69) is 5.32 Å². The molecular weight excluding hydrogens is 370 g/mol. The fraction of sp³-hybridized carbons (Fsp3) is 0.348. The summed E-state index contributed by atoms with van der Waals surface area (Å²) >= 11 is 0. The van der Waals surface area contributed by atoms with Gasteiger partial charge in [0.2, 0.25) is 0 Å². The van der Waals surface area contributed by atoms with E-state index in [1.54, 1.807) is 12.1 Å². The molecule has 2 aromatic rings. The zero-order valence-electron chi connectivity index (χ0n) is 16.9. The molecule has 0 radical (unpaired) electrons. The quantitative estimate of drug-likeness (QED) is 0.480. The van der Waals surface area contributed by atoms with Gasteiger partial charge in [-0.1, -0.05) is 67.1 Å². The van der Waals surface area contributed by atoms with E-state index < -0.39 is 18.1 Å². The summed E-state index contributed by atoms with van der Waals surface area (Å²) in [5, 5.41) is 2.52. The van der Waals surface area contributed by atoms with Crippen molar-refractivity contribution in [3.05, 3.63) is 71.3 Å².